The second-order valence-corrected chi connectivity index (χ2v) is 22.6. The molecule has 0 aromatic heterocycles. The quantitative estimate of drug-likeness (QED) is 0.0343. The van der Waals surface area contributed by atoms with Gasteiger partial charge in [0.2, 0.25) is 0 Å². The van der Waals surface area contributed by atoms with Crippen molar-refractivity contribution in [1.29, 1.82) is 0 Å². The molecule has 0 rings (SSSR count). The molecule has 0 radical (unpaired) electrons. The summed E-state index contributed by atoms with van der Waals surface area (Å²) in [6.45, 7) is 11.4. The van der Waals surface area contributed by atoms with E-state index in [9.17, 15) is 14.4 Å². The molecule has 0 aromatic carbocycles. The van der Waals surface area contributed by atoms with Crippen LogP contribution >= 0.6 is 0 Å². The van der Waals surface area contributed by atoms with E-state index >= 15 is 0 Å². The summed E-state index contributed by atoms with van der Waals surface area (Å²) in [5.41, 5.74) is 0. The van der Waals surface area contributed by atoms with Crippen LogP contribution in [0.5, 0.6) is 0 Å². The van der Waals surface area contributed by atoms with Gasteiger partial charge in [0.15, 0.2) is 6.10 Å². The standard InChI is InChI=1S/C63H122O6/c1-6-7-8-9-10-11-12-13-14-15-16-21-24-29-35-40-45-50-55-63(66)69-60(57-68-62(65)54-49-44-39-34-30-25-27-32-37-42-47-52-59(4)5)56-67-61(64)53-48-43-38-33-28-23-20-18-17-19-22-26-31-36-41-46-51-58(2)3/h58-60H,6-57H2,1-5H3/t60-/m0/s1. The lowest BCUT2D eigenvalue weighted by atomic mass is 10.0. The molecular weight excluding hydrogens is 853 g/mol. The minimum absolute atomic E-state index is 0.0621. The molecule has 0 heterocycles. The summed E-state index contributed by atoms with van der Waals surface area (Å²) >= 11 is 0. The predicted octanol–water partition coefficient (Wildman–Crippen LogP) is 20.8. The Hall–Kier alpha value is -1.59. The van der Waals surface area contributed by atoms with Crippen LogP contribution in [0.1, 0.15) is 356 Å². The molecule has 0 aliphatic heterocycles. The van der Waals surface area contributed by atoms with E-state index in [-0.39, 0.29) is 31.1 Å². The first-order valence-electron chi connectivity index (χ1n) is 31.2. The van der Waals surface area contributed by atoms with E-state index < -0.39 is 6.10 Å². The minimum Gasteiger partial charge on any atom is -0.462 e. The molecule has 6 heteroatoms. The van der Waals surface area contributed by atoms with Gasteiger partial charge in [-0.2, -0.15) is 0 Å². The van der Waals surface area contributed by atoms with E-state index in [1.54, 1.807) is 0 Å². The van der Waals surface area contributed by atoms with Crippen molar-refractivity contribution in [2.45, 2.75) is 362 Å². The Morgan fingerprint density at radius 3 is 0.710 bits per heavy atom. The van der Waals surface area contributed by atoms with Crippen LogP contribution < -0.4 is 0 Å². The summed E-state index contributed by atoms with van der Waals surface area (Å²) < 4.78 is 16.9. The van der Waals surface area contributed by atoms with E-state index in [0.29, 0.717) is 19.3 Å². The first-order chi connectivity index (χ1) is 33.7. The van der Waals surface area contributed by atoms with Crippen molar-refractivity contribution in [3.63, 3.8) is 0 Å². The first-order valence-corrected chi connectivity index (χ1v) is 31.2. The topological polar surface area (TPSA) is 78.9 Å². The lowest BCUT2D eigenvalue weighted by molar-refractivity contribution is -0.167. The fourth-order valence-corrected chi connectivity index (χ4v) is 9.76. The zero-order valence-electron chi connectivity index (χ0n) is 47.5. The van der Waals surface area contributed by atoms with Gasteiger partial charge < -0.3 is 14.2 Å². The van der Waals surface area contributed by atoms with Crippen molar-refractivity contribution < 1.29 is 28.6 Å². The molecule has 0 spiro atoms. The average molecular weight is 976 g/mol. The molecule has 0 aromatic rings. The van der Waals surface area contributed by atoms with Crippen molar-refractivity contribution in [1.82, 2.24) is 0 Å². The summed E-state index contributed by atoms with van der Waals surface area (Å²) in [5.74, 6) is 0.846. The number of carbonyl (C=O) groups is 3. The van der Waals surface area contributed by atoms with Gasteiger partial charge in [-0.05, 0) is 31.1 Å². The number of rotatable bonds is 57. The van der Waals surface area contributed by atoms with E-state index in [4.69, 9.17) is 14.2 Å². The number of carbonyl (C=O) groups excluding carboxylic acids is 3. The minimum atomic E-state index is -0.763. The summed E-state index contributed by atoms with van der Waals surface area (Å²) in [6.07, 6.45) is 61.0. The van der Waals surface area contributed by atoms with Gasteiger partial charge >= 0.3 is 17.9 Å². The highest BCUT2D eigenvalue weighted by molar-refractivity contribution is 5.71. The third-order valence-corrected chi connectivity index (χ3v) is 14.5. The third kappa shape index (κ3) is 57.2. The highest BCUT2D eigenvalue weighted by Gasteiger charge is 2.19. The molecular formula is C63H122O6. The molecule has 6 nitrogen and oxygen atoms in total. The fraction of sp³-hybridized carbons (Fsp3) is 0.952. The normalized spacial score (nSPS) is 12.0. The molecule has 0 bridgehead atoms. The molecule has 0 saturated heterocycles. The number of hydrogen-bond donors (Lipinski definition) is 0. The van der Waals surface area contributed by atoms with Crippen LogP contribution in [0.4, 0.5) is 0 Å². The Morgan fingerprint density at radius 1 is 0.275 bits per heavy atom. The molecule has 0 aliphatic rings. The Morgan fingerprint density at radius 2 is 0.478 bits per heavy atom. The third-order valence-electron chi connectivity index (χ3n) is 14.5. The van der Waals surface area contributed by atoms with E-state index in [1.165, 1.54) is 244 Å². The zero-order chi connectivity index (χ0) is 50.4. The van der Waals surface area contributed by atoms with Crippen LogP contribution in [0.3, 0.4) is 0 Å². The first kappa shape index (κ1) is 67.4. The molecule has 0 aliphatic carbocycles. The summed E-state index contributed by atoms with van der Waals surface area (Å²) in [4.78, 5) is 38.3. The summed E-state index contributed by atoms with van der Waals surface area (Å²) in [6, 6.07) is 0. The van der Waals surface area contributed by atoms with Crippen LogP contribution in [0.15, 0.2) is 0 Å². The zero-order valence-corrected chi connectivity index (χ0v) is 47.5. The van der Waals surface area contributed by atoms with Gasteiger partial charge in [0.25, 0.3) is 0 Å². The van der Waals surface area contributed by atoms with Gasteiger partial charge in [0.1, 0.15) is 13.2 Å². The summed E-state index contributed by atoms with van der Waals surface area (Å²) in [5, 5.41) is 0. The SMILES string of the molecule is CCCCCCCCCCCCCCCCCCCCC(=O)O[C@@H](COC(=O)CCCCCCCCCCCCCCCCCCC(C)C)COC(=O)CCCCCCCCCCCCCC(C)C. The lowest BCUT2D eigenvalue weighted by Crippen LogP contribution is -2.30. The van der Waals surface area contributed by atoms with Gasteiger partial charge in [-0.3, -0.25) is 14.4 Å². The van der Waals surface area contributed by atoms with E-state index in [2.05, 4.69) is 34.6 Å². The van der Waals surface area contributed by atoms with Gasteiger partial charge in [0, 0.05) is 19.3 Å². The van der Waals surface area contributed by atoms with Crippen molar-refractivity contribution in [2.75, 3.05) is 13.2 Å². The molecule has 0 unspecified atom stereocenters. The van der Waals surface area contributed by atoms with E-state index in [1.807, 2.05) is 0 Å². The smallest absolute Gasteiger partial charge is 0.306 e. The highest BCUT2D eigenvalue weighted by atomic mass is 16.6. The van der Waals surface area contributed by atoms with E-state index in [0.717, 1.165) is 69.6 Å². The fourth-order valence-electron chi connectivity index (χ4n) is 9.76. The maximum Gasteiger partial charge on any atom is 0.306 e. The molecule has 69 heavy (non-hydrogen) atoms. The molecule has 0 N–H and O–H groups in total. The van der Waals surface area contributed by atoms with Crippen LogP contribution in [-0.4, -0.2) is 37.2 Å². The largest absolute Gasteiger partial charge is 0.462 e. The van der Waals surface area contributed by atoms with Gasteiger partial charge in [-0.25, -0.2) is 0 Å². The van der Waals surface area contributed by atoms with Crippen LogP contribution in [-0.2, 0) is 28.6 Å². The van der Waals surface area contributed by atoms with Crippen molar-refractivity contribution in [2.24, 2.45) is 11.8 Å². The molecule has 0 fully saturated rings. The Balaban J connectivity index is 4.28. The number of esters is 3. The second kappa shape index (κ2) is 55.7. The molecule has 0 amide bonds. The van der Waals surface area contributed by atoms with Crippen LogP contribution in [0.2, 0.25) is 0 Å². The maximum atomic E-state index is 12.9. The Labute approximate surface area is 431 Å². The Kier molecular flexibility index (Phi) is 54.4. The molecule has 1 atom stereocenters. The van der Waals surface area contributed by atoms with Gasteiger partial charge in [-0.1, -0.05) is 317 Å². The van der Waals surface area contributed by atoms with Gasteiger partial charge in [-0.15, -0.1) is 0 Å². The van der Waals surface area contributed by atoms with Crippen LogP contribution in [0, 0.1) is 11.8 Å². The number of unbranched alkanes of at least 4 members (excludes halogenated alkanes) is 42. The predicted molar refractivity (Wildman–Crippen MR) is 298 cm³/mol. The number of ether oxygens (including phenoxy) is 3. The maximum absolute atomic E-state index is 12.9. The van der Waals surface area contributed by atoms with Crippen LogP contribution in [0.25, 0.3) is 0 Å². The average Bonchev–Trinajstić information content (AvgIpc) is 3.32. The Bertz CT molecular complexity index is 1060. The molecule has 410 valence electrons. The van der Waals surface area contributed by atoms with Gasteiger partial charge in [0.05, 0.1) is 0 Å². The van der Waals surface area contributed by atoms with Crippen molar-refractivity contribution >= 4 is 17.9 Å². The monoisotopic (exact) mass is 975 g/mol. The summed E-state index contributed by atoms with van der Waals surface area (Å²) in [7, 11) is 0. The number of hydrogen-bond acceptors (Lipinski definition) is 6. The highest BCUT2D eigenvalue weighted by Crippen LogP contribution is 2.19. The lowest BCUT2D eigenvalue weighted by Gasteiger charge is -2.18. The van der Waals surface area contributed by atoms with Crippen molar-refractivity contribution in [3.8, 4) is 0 Å². The second-order valence-electron chi connectivity index (χ2n) is 22.6. The van der Waals surface area contributed by atoms with Crippen molar-refractivity contribution in [3.05, 3.63) is 0 Å². The molecule has 0 saturated carbocycles.